The van der Waals surface area contributed by atoms with Crippen molar-refractivity contribution < 1.29 is 14.6 Å². The molecule has 26 heavy (non-hydrogen) atoms. The van der Waals surface area contributed by atoms with Crippen LogP contribution in [0.5, 0.6) is 0 Å². The summed E-state index contributed by atoms with van der Waals surface area (Å²) in [5, 5.41) is 8.51. The lowest BCUT2D eigenvalue weighted by atomic mass is 10.1. The van der Waals surface area contributed by atoms with Gasteiger partial charge in [0, 0.05) is 13.5 Å². The minimum absolute atomic E-state index is 0.0648. The number of nitrogens with two attached hydrogens (primary N) is 1. The first-order valence-corrected chi connectivity index (χ1v) is 10.7. The lowest BCUT2D eigenvalue weighted by Gasteiger charge is -2.01. The molecule has 0 amide bonds. The SMILES string of the molecule is CCC(N)OC.CCCCCCCC/C=C\CCCCCCCC(=O)O. The highest BCUT2D eigenvalue weighted by atomic mass is 16.5. The second-order valence-electron chi connectivity index (χ2n) is 6.91. The third-order valence-electron chi connectivity index (χ3n) is 4.36. The zero-order valence-electron chi connectivity index (χ0n) is 17.7. The van der Waals surface area contributed by atoms with E-state index in [1.54, 1.807) is 7.11 Å². The standard InChI is InChI=1S/C18H34O2.C4H11NO/c1-2-3-4-5-6-7-8-9-10-11-12-13-14-15-16-17-18(19)20;1-3-4(5)6-2/h9-10H,2-8,11-17H2,1H3,(H,19,20);4H,3,5H2,1-2H3/b10-9-;. The molecule has 0 aromatic carbocycles. The highest BCUT2D eigenvalue weighted by molar-refractivity contribution is 5.66. The molecule has 0 radical (unpaired) electrons. The number of allylic oxidation sites excluding steroid dienone is 2. The number of methoxy groups -OCH3 is 1. The van der Waals surface area contributed by atoms with E-state index in [-0.39, 0.29) is 6.23 Å². The molecule has 0 saturated carbocycles. The van der Waals surface area contributed by atoms with E-state index < -0.39 is 5.97 Å². The van der Waals surface area contributed by atoms with E-state index in [0.717, 1.165) is 19.3 Å². The Bertz CT molecular complexity index is 302. The maximum absolute atomic E-state index is 10.3. The van der Waals surface area contributed by atoms with Crippen LogP contribution in [0.3, 0.4) is 0 Å². The van der Waals surface area contributed by atoms with Crippen molar-refractivity contribution in [3.05, 3.63) is 12.2 Å². The second-order valence-corrected chi connectivity index (χ2v) is 6.91. The Balaban J connectivity index is 0. The molecule has 0 aliphatic rings. The third kappa shape index (κ3) is 28.0. The van der Waals surface area contributed by atoms with Crippen LogP contribution >= 0.6 is 0 Å². The fourth-order valence-electron chi connectivity index (χ4n) is 2.51. The average Bonchev–Trinajstić information content (AvgIpc) is 2.64. The average molecular weight is 372 g/mol. The van der Waals surface area contributed by atoms with E-state index in [1.807, 2.05) is 6.92 Å². The van der Waals surface area contributed by atoms with Gasteiger partial charge in [-0.3, -0.25) is 4.79 Å². The van der Waals surface area contributed by atoms with Gasteiger partial charge in [-0.25, -0.2) is 0 Å². The van der Waals surface area contributed by atoms with Gasteiger partial charge < -0.3 is 15.6 Å². The van der Waals surface area contributed by atoms with Crippen LogP contribution in [0.4, 0.5) is 0 Å². The van der Waals surface area contributed by atoms with Crippen molar-refractivity contribution >= 4 is 5.97 Å². The molecular weight excluding hydrogens is 326 g/mol. The fraction of sp³-hybridized carbons (Fsp3) is 0.864. The smallest absolute Gasteiger partial charge is 0.303 e. The van der Waals surface area contributed by atoms with Gasteiger partial charge in [-0.15, -0.1) is 0 Å². The van der Waals surface area contributed by atoms with Crippen LogP contribution in [0, 0.1) is 0 Å². The molecule has 1 atom stereocenters. The first-order valence-electron chi connectivity index (χ1n) is 10.7. The Morgan fingerprint density at radius 1 is 0.885 bits per heavy atom. The monoisotopic (exact) mass is 371 g/mol. The highest BCUT2D eigenvalue weighted by Gasteiger charge is 1.95. The van der Waals surface area contributed by atoms with Crippen molar-refractivity contribution in [2.75, 3.05) is 7.11 Å². The van der Waals surface area contributed by atoms with Gasteiger partial charge in [0.2, 0.25) is 0 Å². The van der Waals surface area contributed by atoms with Crippen molar-refractivity contribution in [3.8, 4) is 0 Å². The summed E-state index contributed by atoms with van der Waals surface area (Å²) in [7, 11) is 1.61. The molecule has 4 nitrogen and oxygen atoms in total. The zero-order valence-corrected chi connectivity index (χ0v) is 17.7. The van der Waals surface area contributed by atoms with E-state index in [1.165, 1.54) is 70.6 Å². The van der Waals surface area contributed by atoms with Gasteiger partial charge >= 0.3 is 5.97 Å². The van der Waals surface area contributed by atoms with Crippen molar-refractivity contribution in [1.29, 1.82) is 0 Å². The van der Waals surface area contributed by atoms with E-state index in [4.69, 9.17) is 10.8 Å². The summed E-state index contributed by atoms with van der Waals surface area (Å²) in [6, 6.07) is 0. The summed E-state index contributed by atoms with van der Waals surface area (Å²) in [4.78, 5) is 10.3. The van der Waals surface area contributed by atoms with Crippen LogP contribution in [0.1, 0.15) is 110 Å². The van der Waals surface area contributed by atoms with Crippen molar-refractivity contribution in [1.82, 2.24) is 0 Å². The third-order valence-corrected chi connectivity index (χ3v) is 4.36. The minimum Gasteiger partial charge on any atom is -0.481 e. The van der Waals surface area contributed by atoms with Crippen molar-refractivity contribution in [2.24, 2.45) is 5.73 Å². The largest absolute Gasteiger partial charge is 0.481 e. The van der Waals surface area contributed by atoms with Gasteiger partial charge in [0.05, 0.1) is 0 Å². The van der Waals surface area contributed by atoms with Crippen LogP contribution < -0.4 is 5.73 Å². The lowest BCUT2D eigenvalue weighted by molar-refractivity contribution is -0.137. The number of ether oxygens (including phenoxy) is 1. The van der Waals surface area contributed by atoms with Gasteiger partial charge in [0.25, 0.3) is 0 Å². The Morgan fingerprint density at radius 2 is 1.35 bits per heavy atom. The Morgan fingerprint density at radius 3 is 1.73 bits per heavy atom. The number of hydrogen-bond acceptors (Lipinski definition) is 3. The highest BCUT2D eigenvalue weighted by Crippen LogP contribution is 2.09. The van der Waals surface area contributed by atoms with Crippen LogP contribution in [0.2, 0.25) is 0 Å². The van der Waals surface area contributed by atoms with E-state index in [0.29, 0.717) is 6.42 Å². The molecule has 0 aromatic heterocycles. The first kappa shape index (κ1) is 27.3. The van der Waals surface area contributed by atoms with Crippen LogP contribution in [-0.4, -0.2) is 24.4 Å². The number of carboxylic acids is 1. The summed E-state index contributed by atoms with van der Waals surface area (Å²) < 4.78 is 4.68. The fourth-order valence-corrected chi connectivity index (χ4v) is 2.51. The number of aliphatic carboxylic acids is 1. The van der Waals surface area contributed by atoms with Crippen molar-refractivity contribution in [3.63, 3.8) is 0 Å². The molecule has 0 bridgehead atoms. The summed E-state index contributed by atoms with van der Waals surface area (Å²) >= 11 is 0. The molecule has 0 fully saturated rings. The zero-order chi connectivity index (χ0) is 19.9. The second kappa shape index (κ2) is 24.1. The van der Waals surface area contributed by atoms with Gasteiger partial charge in [-0.1, -0.05) is 77.4 Å². The molecule has 0 aromatic rings. The number of hydrogen-bond donors (Lipinski definition) is 2. The Labute approximate surface area is 162 Å². The van der Waals surface area contributed by atoms with E-state index in [9.17, 15) is 4.79 Å². The molecule has 0 aliphatic carbocycles. The molecular formula is C22H45NO3. The predicted octanol–water partition coefficient (Wildman–Crippen LogP) is 6.44. The topological polar surface area (TPSA) is 72.5 Å². The first-order chi connectivity index (χ1) is 12.6. The number of carboxylic acid groups (broad SMARTS) is 1. The molecule has 0 aliphatic heterocycles. The van der Waals surface area contributed by atoms with Gasteiger partial charge in [-0.2, -0.15) is 0 Å². The molecule has 0 rings (SSSR count). The maximum Gasteiger partial charge on any atom is 0.303 e. The normalized spacial score (nSPS) is 12.0. The van der Waals surface area contributed by atoms with Crippen LogP contribution in [-0.2, 0) is 9.53 Å². The Hall–Kier alpha value is -0.870. The summed E-state index contributed by atoms with van der Waals surface area (Å²) in [5.74, 6) is -0.664. The number of rotatable bonds is 17. The molecule has 0 spiro atoms. The molecule has 4 heteroatoms. The lowest BCUT2D eigenvalue weighted by Crippen LogP contribution is -2.19. The Kier molecular flexibility index (Phi) is 25.4. The van der Waals surface area contributed by atoms with Gasteiger partial charge in [0.15, 0.2) is 0 Å². The molecule has 156 valence electrons. The van der Waals surface area contributed by atoms with Gasteiger partial charge in [-0.05, 0) is 38.5 Å². The van der Waals surface area contributed by atoms with Crippen molar-refractivity contribution in [2.45, 2.75) is 116 Å². The maximum atomic E-state index is 10.3. The van der Waals surface area contributed by atoms with E-state index in [2.05, 4.69) is 23.8 Å². The molecule has 1 unspecified atom stereocenters. The van der Waals surface area contributed by atoms with Crippen LogP contribution in [0.25, 0.3) is 0 Å². The molecule has 0 saturated heterocycles. The quantitative estimate of drug-likeness (QED) is 0.175. The van der Waals surface area contributed by atoms with Crippen LogP contribution in [0.15, 0.2) is 12.2 Å². The number of unbranched alkanes of at least 4 members (excludes halogenated alkanes) is 11. The molecule has 0 heterocycles. The molecule has 3 N–H and O–H groups in total. The number of carbonyl (C=O) groups is 1. The van der Waals surface area contributed by atoms with E-state index >= 15 is 0 Å². The predicted molar refractivity (Wildman–Crippen MR) is 112 cm³/mol. The minimum atomic E-state index is -0.664. The summed E-state index contributed by atoms with van der Waals surface area (Å²) in [6.07, 6.45) is 22.1. The summed E-state index contributed by atoms with van der Waals surface area (Å²) in [6.45, 7) is 4.24. The summed E-state index contributed by atoms with van der Waals surface area (Å²) in [5.41, 5.74) is 5.25. The van der Waals surface area contributed by atoms with Gasteiger partial charge in [0.1, 0.15) is 6.23 Å².